The van der Waals surface area contributed by atoms with Crippen LogP contribution in [-0.2, 0) is 0 Å². The van der Waals surface area contributed by atoms with Gasteiger partial charge in [0.2, 0.25) is 0 Å². The first-order valence-electron chi connectivity index (χ1n) is 6.48. The molecule has 0 fully saturated rings. The fourth-order valence-electron chi connectivity index (χ4n) is 1.87. The van der Waals surface area contributed by atoms with Gasteiger partial charge in [0.25, 0.3) is 0 Å². The van der Waals surface area contributed by atoms with Gasteiger partial charge < -0.3 is 4.74 Å². The lowest BCUT2D eigenvalue weighted by Gasteiger charge is -2.30. The van der Waals surface area contributed by atoms with E-state index in [1.807, 2.05) is 18.2 Å². The quantitative estimate of drug-likeness (QED) is 0.623. The zero-order valence-electron chi connectivity index (χ0n) is 12.2. The second-order valence-corrected chi connectivity index (χ2v) is 6.00. The highest BCUT2D eigenvalue weighted by Crippen LogP contribution is 2.33. The van der Waals surface area contributed by atoms with Gasteiger partial charge in [-0.05, 0) is 35.4 Å². The fraction of sp³-hybridized carbons (Fsp3) is 0.600. The monoisotopic (exact) mass is 250 g/mol. The van der Waals surface area contributed by atoms with Gasteiger partial charge in [0.15, 0.2) is 0 Å². The Bertz CT molecular complexity index is 371. The van der Waals surface area contributed by atoms with Crippen LogP contribution in [0.4, 0.5) is 0 Å². The van der Waals surface area contributed by atoms with Crippen LogP contribution in [0.2, 0.25) is 0 Å². The fourth-order valence-corrected chi connectivity index (χ4v) is 1.87. The number of methoxy groups -OCH3 is 1. The molecule has 0 spiro atoms. The number of nitrogens with one attached hydrogen (secondary N) is 1. The molecule has 3 heteroatoms. The van der Waals surface area contributed by atoms with E-state index in [0.29, 0.717) is 5.92 Å². The Labute approximate surface area is 111 Å². The van der Waals surface area contributed by atoms with Crippen LogP contribution in [0.25, 0.3) is 0 Å². The van der Waals surface area contributed by atoms with Gasteiger partial charge in [0, 0.05) is 6.04 Å². The number of hydrogen-bond donors (Lipinski definition) is 2. The van der Waals surface area contributed by atoms with Gasteiger partial charge in [-0.3, -0.25) is 11.3 Å². The van der Waals surface area contributed by atoms with Crippen molar-refractivity contribution in [3.63, 3.8) is 0 Å². The summed E-state index contributed by atoms with van der Waals surface area (Å²) in [5, 5.41) is 0. The van der Waals surface area contributed by atoms with Crippen molar-refractivity contribution in [2.75, 3.05) is 7.11 Å². The third kappa shape index (κ3) is 4.00. The minimum Gasteiger partial charge on any atom is -0.497 e. The van der Waals surface area contributed by atoms with Crippen LogP contribution in [-0.4, -0.2) is 7.11 Å². The van der Waals surface area contributed by atoms with Crippen LogP contribution < -0.4 is 16.0 Å². The number of benzene rings is 1. The van der Waals surface area contributed by atoms with E-state index in [2.05, 4.69) is 39.2 Å². The first kappa shape index (κ1) is 15.0. The average molecular weight is 250 g/mol. The van der Waals surface area contributed by atoms with Crippen LogP contribution in [0.5, 0.6) is 5.75 Å². The van der Waals surface area contributed by atoms with Gasteiger partial charge in [0.05, 0.1) is 7.11 Å². The number of rotatable bonds is 5. The predicted molar refractivity (Wildman–Crippen MR) is 76.3 cm³/mol. The predicted octanol–water partition coefficient (Wildman–Crippen LogP) is 3.27. The summed E-state index contributed by atoms with van der Waals surface area (Å²) in [4.78, 5) is 0. The second kappa shape index (κ2) is 6.21. The van der Waals surface area contributed by atoms with Crippen LogP contribution >= 0.6 is 0 Å². The Balaban J connectivity index is 2.82. The molecular formula is C15H26N2O. The second-order valence-electron chi connectivity index (χ2n) is 6.00. The summed E-state index contributed by atoms with van der Waals surface area (Å²) in [5.74, 6) is 7.14. The van der Waals surface area contributed by atoms with Gasteiger partial charge in [-0.2, -0.15) is 0 Å². The molecule has 0 aliphatic heterocycles. The van der Waals surface area contributed by atoms with E-state index in [9.17, 15) is 0 Å². The Morgan fingerprint density at radius 3 is 2.50 bits per heavy atom. The van der Waals surface area contributed by atoms with Crippen LogP contribution in [0.3, 0.4) is 0 Å². The largest absolute Gasteiger partial charge is 0.497 e. The molecule has 1 aromatic rings. The minimum absolute atomic E-state index is 0.161. The lowest BCUT2D eigenvalue weighted by molar-refractivity contribution is 0.223. The number of hydrazine groups is 1. The number of hydrogen-bond acceptors (Lipinski definition) is 3. The van der Waals surface area contributed by atoms with Crippen molar-refractivity contribution >= 4 is 0 Å². The number of nitrogens with two attached hydrogens (primary N) is 1. The van der Waals surface area contributed by atoms with Crippen molar-refractivity contribution in [2.45, 2.75) is 40.2 Å². The summed E-state index contributed by atoms with van der Waals surface area (Å²) >= 11 is 0. The Kier molecular flexibility index (Phi) is 5.17. The summed E-state index contributed by atoms with van der Waals surface area (Å²) in [7, 11) is 1.68. The van der Waals surface area contributed by atoms with E-state index < -0.39 is 0 Å². The van der Waals surface area contributed by atoms with E-state index in [-0.39, 0.29) is 11.5 Å². The molecule has 2 atom stereocenters. The average Bonchev–Trinajstić information content (AvgIpc) is 2.34. The van der Waals surface area contributed by atoms with E-state index in [0.717, 1.165) is 12.2 Å². The molecule has 0 heterocycles. The molecular weight excluding hydrogens is 224 g/mol. The topological polar surface area (TPSA) is 47.3 Å². The summed E-state index contributed by atoms with van der Waals surface area (Å²) in [6.07, 6.45) is 1.01. The Morgan fingerprint density at radius 1 is 1.33 bits per heavy atom. The van der Waals surface area contributed by atoms with Gasteiger partial charge in [0.1, 0.15) is 5.75 Å². The lowest BCUT2D eigenvalue weighted by atomic mass is 9.77. The molecule has 0 radical (unpaired) electrons. The van der Waals surface area contributed by atoms with E-state index in [1.54, 1.807) is 7.11 Å². The van der Waals surface area contributed by atoms with Crippen molar-refractivity contribution < 1.29 is 4.74 Å². The van der Waals surface area contributed by atoms with Crippen molar-refractivity contribution in [2.24, 2.45) is 17.2 Å². The third-order valence-corrected chi connectivity index (χ3v) is 3.77. The molecule has 3 nitrogen and oxygen atoms in total. The zero-order chi connectivity index (χ0) is 13.8. The van der Waals surface area contributed by atoms with Crippen LogP contribution in [0.15, 0.2) is 24.3 Å². The summed E-state index contributed by atoms with van der Waals surface area (Å²) < 4.78 is 5.25. The highest BCUT2D eigenvalue weighted by atomic mass is 16.5. The maximum atomic E-state index is 5.70. The number of ether oxygens (including phenoxy) is 1. The molecule has 18 heavy (non-hydrogen) atoms. The molecule has 0 saturated carbocycles. The van der Waals surface area contributed by atoms with Gasteiger partial charge in [-0.25, -0.2) is 0 Å². The standard InChI is InChI=1S/C15H26N2O/c1-11(15(2,3)4)9-14(17-16)12-7-6-8-13(10-12)18-5/h6-8,10-11,14,17H,9,16H2,1-5H3. The molecule has 0 aromatic heterocycles. The van der Waals surface area contributed by atoms with Gasteiger partial charge in [-0.1, -0.05) is 39.8 Å². The Morgan fingerprint density at radius 2 is 2.00 bits per heavy atom. The molecule has 0 saturated heterocycles. The van der Waals surface area contributed by atoms with E-state index in [4.69, 9.17) is 10.6 Å². The van der Waals surface area contributed by atoms with Crippen LogP contribution in [0, 0.1) is 11.3 Å². The molecule has 2 unspecified atom stereocenters. The maximum Gasteiger partial charge on any atom is 0.119 e. The molecule has 1 rings (SSSR count). The molecule has 0 bridgehead atoms. The molecule has 1 aromatic carbocycles. The summed E-state index contributed by atoms with van der Waals surface area (Å²) in [5.41, 5.74) is 4.38. The van der Waals surface area contributed by atoms with E-state index in [1.165, 1.54) is 5.56 Å². The molecule has 3 N–H and O–H groups in total. The first-order valence-corrected chi connectivity index (χ1v) is 6.48. The normalized spacial score (nSPS) is 15.2. The Hall–Kier alpha value is -1.06. The van der Waals surface area contributed by atoms with Gasteiger partial charge in [-0.15, -0.1) is 0 Å². The molecule has 0 amide bonds. The SMILES string of the molecule is COc1cccc(C(CC(C)C(C)(C)C)NN)c1. The van der Waals surface area contributed by atoms with Crippen LogP contribution in [0.1, 0.15) is 45.7 Å². The van der Waals surface area contributed by atoms with Crippen molar-refractivity contribution in [3.05, 3.63) is 29.8 Å². The van der Waals surface area contributed by atoms with Gasteiger partial charge >= 0.3 is 0 Å². The lowest BCUT2D eigenvalue weighted by Crippen LogP contribution is -2.31. The molecule has 0 aliphatic rings. The summed E-state index contributed by atoms with van der Waals surface area (Å²) in [6.45, 7) is 9.05. The highest BCUT2D eigenvalue weighted by Gasteiger charge is 2.24. The van der Waals surface area contributed by atoms with Crippen molar-refractivity contribution in [1.82, 2.24) is 5.43 Å². The highest BCUT2D eigenvalue weighted by molar-refractivity contribution is 5.30. The summed E-state index contributed by atoms with van der Waals surface area (Å²) in [6, 6.07) is 8.24. The van der Waals surface area contributed by atoms with Crippen molar-refractivity contribution in [1.29, 1.82) is 0 Å². The first-order chi connectivity index (χ1) is 8.38. The molecule has 102 valence electrons. The minimum atomic E-state index is 0.161. The zero-order valence-corrected chi connectivity index (χ0v) is 12.2. The maximum absolute atomic E-state index is 5.70. The molecule has 0 aliphatic carbocycles. The van der Waals surface area contributed by atoms with E-state index >= 15 is 0 Å². The third-order valence-electron chi connectivity index (χ3n) is 3.77. The smallest absolute Gasteiger partial charge is 0.119 e. The van der Waals surface area contributed by atoms with Crippen molar-refractivity contribution in [3.8, 4) is 5.75 Å².